The van der Waals surface area contributed by atoms with Crippen molar-refractivity contribution in [2.24, 2.45) is 0 Å². The van der Waals surface area contributed by atoms with E-state index < -0.39 is 6.10 Å². The van der Waals surface area contributed by atoms with E-state index in [0.717, 1.165) is 23.4 Å². The molecule has 2 rings (SSSR count). The van der Waals surface area contributed by atoms with Crippen molar-refractivity contribution in [2.45, 2.75) is 25.6 Å². The maximum Gasteiger partial charge on any atom is 0.118 e. The lowest BCUT2D eigenvalue weighted by atomic mass is 10.0. The highest BCUT2D eigenvalue weighted by atomic mass is 16.5. The molecule has 0 saturated carbocycles. The van der Waals surface area contributed by atoms with Crippen molar-refractivity contribution in [3.63, 3.8) is 0 Å². The van der Waals surface area contributed by atoms with E-state index in [1.165, 1.54) is 0 Å². The van der Waals surface area contributed by atoms with Gasteiger partial charge in [0.2, 0.25) is 0 Å². The van der Waals surface area contributed by atoms with Crippen LogP contribution in [0.1, 0.15) is 24.2 Å². The molecule has 3 nitrogen and oxygen atoms in total. The van der Waals surface area contributed by atoms with Gasteiger partial charge in [0, 0.05) is 12.6 Å². The largest absolute Gasteiger partial charge is 0.497 e. The topological polar surface area (TPSA) is 41.5 Å². The number of benzene rings is 2. The van der Waals surface area contributed by atoms with E-state index in [2.05, 4.69) is 5.32 Å². The Balaban J connectivity index is 1.89. The first kappa shape index (κ1) is 14.6. The number of nitrogens with one attached hydrogen (secondary N) is 1. The summed E-state index contributed by atoms with van der Waals surface area (Å²) in [6.45, 7) is 2.70. The van der Waals surface area contributed by atoms with Gasteiger partial charge in [-0.25, -0.2) is 0 Å². The number of ether oxygens (including phenoxy) is 1. The van der Waals surface area contributed by atoms with Gasteiger partial charge in [-0.1, -0.05) is 42.5 Å². The number of aliphatic hydroxyl groups is 1. The molecule has 0 spiro atoms. The van der Waals surface area contributed by atoms with Crippen LogP contribution in [0, 0.1) is 0 Å². The second kappa shape index (κ2) is 7.08. The molecule has 20 heavy (non-hydrogen) atoms. The molecule has 0 aliphatic heterocycles. The first-order valence-electron chi connectivity index (χ1n) is 6.80. The molecular formula is C17H21NO2. The first-order chi connectivity index (χ1) is 9.70. The Morgan fingerprint density at radius 1 is 1.05 bits per heavy atom. The Kier molecular flexibility index (Phi) is 5.16. The van der Waals surface area contributed by atoms with Gasteiger partial charge in [-0.3, -0.25) is 0 Å². The summed E-state index contributed by atoms with van der Waals surface area (Å²) in [4.78, 5) is 0. The molecule has 0 saturated heterocycles. The molecule has 2 aromatic carbocycles. The number of hydrogen-bond donors (Lipinski definition) is 2. The summed E-state index contributed by atoms with van der Waals surface area (Å²) in [6, 6.07) is 17.6. The Morgan fingerprint density at radius 2 is 1.70 bits per heavy atom. The minimum atomic E-state index is -0.505. The normalized spacial score (nSPS) is 13.8. The molecule has 2 aromatic rings. The van der Waals surface area contributed by atoms with Crippen LogP contribution in [0.5, 0.6) is 5.75 Å². The number of hydrogen-bond acceptors (Lipinski definition) is 3. The standard InChI is InChI=1S/C17H21NO2/c1-13(17(19)15-6-4-3-5-7-15)18-12-14-8-10-16(20-2)11-9-14/h3-11,13,17-19H,12H2,1-2H3/t13-,17-/m1/s1. The van der Waals surface area contributed by atoms with E-state index in [-0.39, 0.29) is 6.04 Å². The van der Waals surface area contributed by atoms with Crippen molar-refractivity contribution in [3.05, 3.63) is 65.7 Å². The van der Waals surface area contributed by atoms with Gasteiger partial charge in [0.1, 0.15) is 5.75 Å². The van der Waals surface area contributed by atoms with Crippen molar-refractivity contribution < 1.29 is 9.84 Å². The molecule has 0 aliphatic rings. The van der Waals surface area contributed by atoms with Gasteiger partial charge in [-0.05, 0) is 30.2 Å². The molecule has 2 N–H and O–H groups in total. The maximum atomic E-state index is 10.3. The molecule has 3 heteroatoms. The fourth-order valence-corrected chi connectivity index (χ4v) is 2.07. The van der Waals surface area contributed by atoms with Crippen LogP contribution in [0.3, 0.4) is 0 Å². The van der Waals surface area contributed by atoms with E-state index in [9.17, 15) is 5.11 Å². The summed E-state index contributed by atoms with van der Waals surface area (Å²) >= 11 is 0. The second-order valence-corrected chi connectivity index (χ2v) is 4.87. The molecule has 0 heterocycles. The lowest BCUT2D eigenvalue weighted by Crippen LogP contribution is -2.31. The van der Waals surface area contributed by atoms with Crippen LogP contribution in [0.15, 0.2) is 54.6 Å². The first-order valence-corrected chi connectivity index (χ1v) is 6.80. The molecule has 0 bridgehead atoms. The Bertz CT molecular complexity index is 510. The molecule has 0 fully saturated rings. The summed E-state index contributed by atoms with van der Waals surface area (Å²) in [5.74, 6) is 0.853. The molecule has 0 aromatic heterocycles. The van der Waals surface area contributed by atoms with Gasteiger partial charge in [0.25, 0.3) is 0 Å². The van der Waals surface area contributed by atoms with Crippen LogP contribution in [0.4, 0.5) is 0 Å². The van der Waals surface area contributed by atoms with Crippen molar-refractivity contribution >= 4 is 0 Å². The summed E-state index contributed by atoms with van der Waals surface area (Å²) in [6.07, 6.45) is -0.505. The number of methoxy groups -OCH3 is 1. The molecule has 2 atom stereocenters. The zero-order valence-corrected chi connectivity index (χ0v) is 11.9. The fourth-order valence-electron chi connectivity index (χ4n) is 2.07. The zero-order chi connectivity index (χ0) is 14.4. The lowest BCUT2D eigenvalue weighted by Gasteiger charge is -2.20. The highest BCUT2D eigenvalue weighted by molar-refractivity contribution is 5.27. The van der Waals surface area contributed by atoms with Crippen molar-refractivity contribution in [1.29, 1.82) is 0 Å². The van der Waals surface area contributed by atoms with Gasteiger partial charge in [0.15, 0.2) is 0 Å². The Hall–Kier alpha value is -1.84. The Labute approximate surface area is 120 Å². The molecule has 0 amide bonds. The molecular weight excluding hydrogens is 250 g/mol. The minimum Gasteiger partial charge on any atom is -0.497 e. The third kappa shape index (κ3) is 3.83. The van der Waals surface area contributed by atoms with Gasteiger partial charge >= 0.3 is 0 Å². The van der Waals surface area contributed by atoms with E-state index in [1.54, 1.807) is 7.11 Å². The van der Waals surface area contributed by atoms with E-state index in [4.69, 9.17) is 4.74 Å². The number of aliphatic hydroxyl groups excluding tert-OH is 1. The predicted molar refractivity (Wildman–Crippen MR) is 80.7 cm³/mol. The summed E-state index contributed by atoms with van der Waals surface area (Å²) < 4.78 is 5.13. The minimum absolute atomic E-state index is 0.0144. The average molecular weight is 271 g/mol. The molecule has 0 aliphatic carbocycles. The summed E-state index contributed by atoms with van der Waals surface area (Å²) in [5.41, 5.74) is 2.10. The van der Waals surface area contributed by atoms with Crippen LogP contribution in [-0.2, 0) is 6.54 Å². The van der Waals surface area contributed by atoms with Gasteiger partial charge in [-0.15, -0.1) is 0 Å². The highest BCUT2D eigenvalue weighted by Gasteiger charge is 2.15. The predicted octanol–water partition coefficient (Wildman–Crippen LogP) is 2.91. The molecule has 0 unspecified atom stereocenters. The highest BCUT2D eigenvalue weighted by Crippen LogP contribution is 2.17. The molecule has 106 valence electrons. The van der Waals surface area contributed by atoms with Crippen LogP contribution in [0.2, 0.25) is 0 Å². The fraction of sp³-hybridized carbons (Fsp3) is 0.294. The maximum absolute atomic E-state index is 10.3. The quantitative estimate of drug-likeness (QED) is 0.849. The number of rotatable bonds is 6. The smallest absolute Gasteiger partial charge is 0.118 e. The summed E-state index contributed by atoms with van der Waals surface area (Å²) in [7, 11) is 1.66. The monoisotopic (exact) mass is 271 g/mol. The van der Waals surface area contributed by atoms with E-state index in [0.29, 0.717) is 0 Å². The Morgan fingerprint density at radius 3 is 2.30 bits per heavy atom. The van der Waals surface area contributed by atoms with E-state index in [1.807, 2.05) is 61.5 Å². The molecule has 0 radical (unpaired) electrons. The van der Waals surface area contributed by atoms with Crippen LogP contribution >= 0.6 is 0 Å². The van der Waals surface area contributed by atoms with Crippen LogP contribution in [-0.4, -0.2) is 18.3 Å². The van der Waals surface area contributed by atoms with Gasteiger partial charge in [-0.2, -0.15) is 0 Å². The van der Waals surface area contributed by atoms with Gasteiger partial charge < -0.3 is 15.2 Å². The van der Waals surface area contributed by atoms with Crippen LogP contribution < -0.4 is 10.1 Å². The van der Waals surface area contributed by atoms with Crippen molar-refractivity contribution in [2.75, 3.05) is 7.11 Å². The SMILES string of the molecule is COc1ccc(CN[C@H](C)[C@@H](O)c2ccccc2)cc1. The third-order valence-corrected chi connectivity index (χ3v) is 3.40. The zero-order valence-electron chi connectivity index (χ0n) is 11.9. The lowest BCUT2D eigenvalue weighted by molar-refractivity contribution is 0.135. The van der Waals surface area contributed by atoms with Crippen LogP contribution in [0.25, 0.3) is 0 Å². The second-order valence-electron chi connectivity index (χ2n) is 4.87. The average Bonchev–Trinajstić information content (AvgIpc) is 2.53. The summed E-state index contributed by atoms with van der Waals surface area (Å²) in [5, 5.41) is 13.6. The van der Waals surface area contributed by atoms with Crippen molar-refractivity contribution in [3.8, 4) is 5.75 Å². The van der Waals surface area contributed by atoms with E-state index >= 15 is 0 Å². The van der Waals surface area contributed by atoms with Gasteiger partial charge in [0.05, 0.1) is 13.2 Å². The van der Waals surface area contributed by atoms with Crippen molar-refractivity contribution in [1.82, 2.24) is 5.32 Å². The third-order valence-electron chi connectivity index (χ3n) is 3.40.